The number of pyridine rings is 1. The van der Waals surface area contributed by atoms with Gasteiger partial charge in [0.2, 0.25) is 0 Å². The molecule has 1 unspecified atom stereocenters. The van der Waals surface area contributed by atoms with Crippen LogP contribution in [-0.2, 0) is 27.2 Å². The smallest absolute Gasteiger partial charge is 0.373 e. The van der Waals surface area contributed by atoms with Crippen LogP contribution >= 0.6 is 7.82 Å². The average molecular weight is 555 g/mol. The van der Waals surface area contributed by atoms with Crippen LogP contribution in [0, 0.1) is 23.3 Å². The van der Waals surface area contributed by atoms with Gasteiger partial charge in [-0.3, -0.25) is 14.1 Å². The molecule has 0 saturated heterocycles. The number of H-pyrrole nitrogens is 1. The highest BCUT2D eigenvalue weighted by Crippen LogP contribution is 2.38. The molecule has 38 heavy (non-hydrogen) atoms. The van der Waals surface area contributed by atoms with Crippen LogP contribution < -0.4 is 5.56 Å². The molecule has 10 nitrogen and oxygen atoms in total. The minimum absolute atomic E-state index is 0.0441. The predicted molar refractivity (Wildman–Crippen MR) is 124 cm³/mol. The number of hydrogen-bond donors (Lipinski definition) is 3. The molecule has 1 atom stereocenters. The molecule has 3 heterocycles. The summed E-state index contributed by atoms with van der Waals surface area (Å²) in [6.45, 7) is -1.07. The lowest BCUT2D eigenvalue weighted by Gasteiger charge is -2.34. The number of amides is 1. The number of nitrogens with zero attached hydrogens (tertiary/aromatic N) is 2. The first-order valence-electron chi connectivity index (χ1n) is 10.9. The Balaban J connectivity index is 1.63. The summed E-state index contributed by atoms with van der Waals surface area (Å²) in [5, 5.41) is -0.0433. The monoisotopic (exact) mass is 555 g/mol. The van der Waals surface area contributed by atoms with Crippen molar-refractivity contribution in [2.45, 2.75) is 19.4 Å². The summed E-state index contributed by atoms with van der Waals surface area (Å²) in [4.78, 5) is 48.1. The molecule has 0 radical (unpaired) electrons. The van der Waals surface area contributed by atoms with Gasteiger partial charge >= 0.3 is 7.82 Å². The Morgan fingerprint density at radius 2 is 1.74 bits per heavy atom. The molecule has 200 valence electrons. The Morgan fingerprint density at radius 3 is 2.42 bits per heavy atom. The van der Waals surface area contributed by atoms with Gasteiger partial charge in [0.05, 0.1) is 30.2 Å². The molecule has 1 aliphatic heterocycles. The minimum Gasteiger partial charge on any atom is -0.373 e. The van der Waals surface area contributed by atoms with E-state index in [0.29, 0.717) is 5.56 Å². The average Bonchev–Trinajstić information content (AvgIpc) is 3.19. The van der Waals surface area contributed by atoms with Gasteiger partial charge in [-0.05, 0) is 29.7 Å². The third kappa shape index (κ3) is 4.50. The summed E-state index contributed by atoms with van der Waals surface area (Å²) in [5.41, 5.74) is -0.485. The van der Waals surface area contributed by atoms with Gasteiger partial charge in [0.1, 0.15) is 12.4 Å². The topological polar surface area (TPSA) is 134 Å². The van der Waals surface area contributed by atoms with E-state index in [9.17, 15) is 31.7 Å². The quantitative estimate of drug-likeness (QED) is 0.254. The molecule has 0 fully saturated rings. The molecule has 0 saturated carbocycles. The molecule has 0 spiro atoms. The van der Waals surface area contributed by atoms with Crippen molar-refractivity contribution in [1.29, 1.82) is 0 Å². The van der Waals surface area contributed by atoms with E-state index in [4.69, 9.17) is 14.5 Å². The van der Waals surface area contributed by atoms with E-state index in [0.717, 1.165) is 33.7 Å². The molecule has 15 heteroatoms. The lowest BCUT2D eigenvalue weighted by Crippen LogP contribution is -2.38. The molecular formula is C23H18F4N3O7P. The van der Waals surface area contributed by atoms with E-state index in [1.807, 2.05) is 0 Å². The predicted octanol–water partition coefficient (Wildman–Crippen LogP) is 3.45. The Bertz CT molecular complexity index is 1730. The second-order valence-electron chi connectivity index (χ2n) is 8.64. The second-order valence-corrected chi connectivity index (χ2v) is 9.88. The number of likely N-dealkylation sites (N-methyl/N-ethyl adjacent to an activating group) is 1. The van der Waals surface area contributed by atoms with Crippen LogP contribution in [0.2, 0.25) is 0 Å². The number of carbonyl (C=O) groups is 1. The number of benzene rings is 2. The zero-order valence-electron chi connectivity index (χ0n) is 19.4. The molecule has 4 aromatic rings. The van der Waals surface area contributed by atoms with Crippen LogP contribution in [0.25, 0.3) is 21.7 Å². The van der Waals surface area contributed by atoms with Crippen LogP contribution in [0.4, 0.5) is 17.6 Å². The number of halogens is 4. The number of fused-ring (bicyclic) bond motifs is 4. The highest BCUT2D eigenvalue weighted by Gasteiger charge is 2.33. The highest BCUT2D eigenvalue weighted by atomic mass is 31.2. The number of carbonyl (C=O) groups excluding carboxylic acids is 1. The van der Waals surface area contributed by atoms with Gasteiger partial charge < -0.3 is 29.0 Å². The zero-order valence-corrected chi connectivity index (χ0v) is 20.3. The number of phosphoric ester groups is 1. The van der Waals surface area contributed by atoms with Crippen molar-refractivity contribution in [3.05, 3.63) is 80.9 Å². The number of aromatic amines is 1. The van der Waals surface area contributed by atoms with Crippen molar-refractivity contribution in [2.24, 2.45) is 0 Å². The molecule has 2 aromatic heterocycles. The van der Waals surface area contributed by atoms with Gasteiger partial charge in [0, 0.05) is 29.8 Å². The number of ether oxygens (including phenoxy) is 1. The fraction of sp³-hybridized carbons (Fsp3) is 0.217. The molecule has 0 bridgehead atoms. The lowest BCUT2D eigenvalue weighted by atomic mass is 9.95. The van der Waals surface area contributed by atoms with E-state index < -0.39 is 55.3 Å². The normalized spacial score (nSPS) is 15.7. The molecule has 5 rings (SSSR count). The maximum atomic E-state index is 14.2. The summed E-state index contributed by atoms with van der Waals surface area (Å²) in [7, 11) is -3.68. The van der Waals surface area contributed by atoms with E-state index in [1.54, 1.807) is 0 Å². The van der Waals surface area contributed by atoms with Gasteiger partial charge in [-0.15, -0.1) is 0 Å². The van der Waals surface area contributed by atoms with E-state index in [1.165, 1.54) is 13.1 Å². The third-order valence-corrected chi connectivity index (χ3v) is 6.80. The molecule has 1 amide bonds. The number of phosphoric acid groups is 1. The Morgan fingerprint density at radius 1 is 1.11 bits per heavy atom. The fourth-order valence-electron chi connectivity index (χ4n) is 4.58. The molecule has 1 aliphatic rings. The SMILES string of the molecule is CN(C(=O)c1cc2cc(F)c(F)cc2n1COP(=O)(O)O)C1COCc2[nH]c(=O)c3cc(F)c(F)cc3c21. The van der Waals surface area contributed by atoms with Gasteiger partial charge in [-0.25, -0.2) is 22.1 Å². The number of nitrogens with one attached hydrogen (secondary N) is 1. The van der Waals surface area contributed by atoms with E-state index in [-0.39, 0.29) is 46.3 Å². The van der Waals surface area contributed by atoms with Gasteiger partial charge in [-0.2, -0.15) is 0 Å². The van der Waals surface area contributed by atoms with Crippen molar-refractivity contribution < 1.29 is 46.0 Å². The first kappa shape index (κ1) is 26.1. The molecular weight excluding hydrogens is 537 g/mol. The number of hydrogen-bond acceptors (Lipinski definition) is 5. The highest BCUT2D eigenvalue weighted by molar-refractivity contribution is 7.46. The van der Waals surface area contributed by atoms with Crippen LogP contribution in [0.15, 0.2) is 35.1 Å². The summed E-state index contributed by atoms with van der Waals surface area (Å²) in [5.74, 6) is -5.70. The maximum Gasteiger partial charge on any atom is 0.471 e. The van der Waals surface area contributed by atoms with Crippen LogP contribution in [0.1, 0.15) is 27.8 Å². The first-order valence-corrected chi connectivity index (χ1v) is 12.5. The Hall–Kier alpha value is -3.55. The van der Waals surface area contributed by atoms with Crippen molar-refractivity contribution in [3.8, 4) is 0 Å². The van der Waals surface area contributed by atoms with Crippen molar-refractivity contribution in [2.75, 3.05) is 13.7 Å². The van der Waals surface area contributed by atoms with Crippen molar-refractivity contribution in [1.82, 2.24) is 14.5 Å². The van der Waals surface area contributed by atoms with E-state index >= 15 is 0 Å². The molecule has 0 aliphatic carbocycles. The first-order chi connectivity index (χ1) is 17.9. The molecule has 3 N–H and O–H groups in total. The number of aromatic nitrogens is 2. The van der Waals surface area contributed by atoms with Crippen molar-refractivity contribution >= 4 is 35.4 Å². The van der Waals surface area contributed by atoms with Gasteiger partial charge in [-0.1, -0.05) is 0 Å². The Kier molecular flexibility index (Phi) is 6.40. The summed E-state index contributed by atoms with van der Waals surface area (Å²) in [6.07, 6.45) is 0. The molecule has 2 aromatic carbocycles. The lowest BCUT2D eigenvalue weighted by molar-refractivity contribution is 0.0325. The maximum absolute atomic E-state index is 14.2. The van der Waals surface area contributed by atoms with E-state index in [2.05, 4.69) is 9.51 Å². The zero-order chi connectivity index (χ0) is 27.5. The van der Waals surface area contributed by atoms with Crippen LogP contribution in [0.5, 0.6) is 0 Å². The van der Waals surface area contributed by atoms with Crippen LogP contribution in [0.3, 0.4) is 0 Å². The fourth-order valence-corrected chi connectivity index (χ4v) is 4.84. The largest absolute Gasteiger partial charge is 0.471 e. The standard InChI is InChI=1S/C23H18F4N3O7P/c1-29(20-8-36-7-17-21(20)11-4-14(25)15(26)5-12(11)22(31)28-17)23(32)19-3-10-2-13(24)16(27)6-18(10)30(19)9-37-38(33,34)35/h2-6,20H,7-9H2,1H3,(H,28,31)(H2,33,34,35). The van der Waals surface area contributed by atoms with Gasteiger partial charge in [0.15, 0.2) is 23.3 Å². The second kappa shape index (κ2) is 9.33. The minimum atomic E-state index is -5.02. The van der Waals surface area contributed by atoms with Crippen molar-refractivity contribution in [3.63, 3.8) is 0 Å². The van der Waals surface area contributed by atoms with Crippen LogP contribution in [-0.4, -0.2) is 43.8 Å². The summed E-state index contributed by atoms with van der Waals surface area (Å²) < 4.78 is 78.2. The van der Waals surface area contributed by atoms with Gasteiger partial charge in [0.25, 0.3) is 11.5 Å². The number of rotatable bonds is 5. The Labute approximate surface area is 210 Å². The summed E-state index contributed by atoms with van der Waals surface area (Å²) in [6, 6.07) is 3.40. The third-order valence-electron chi connectivity index (χ3n) is 6.35. The summed E-state index contributed by atoms with van der Waals surface area (Å²) >= 11 is 0.